The van der Waals surface area contributed by atoms with Gasteiger partial charge in [0.05, 0.1) is 17.7 Å². The van der Waals surface area contributed by atoms with Crippen LogP contribution in [0.5, 0.6) is 0 Å². The number of rotatable bonds is 4. The van der Waals surface area contributed by atoms with Gasteiger partial charge in [0.2, 0.25) is 5.91 Å². The van der Waals surface area contributed by atoms with E-state index in [9.17, 15) is 4.79 Å². The van der Waals surface area contributed by atoms with Crippen molar-refractivity contribution in [2.45, 2.75) is 32.7 Å². The van der Waals surface area contributed by atoms with Crippen LogP contribution in [0.25, 0.3) is 0 Å². The van der Waals surface area contributed by atoms with Crippen molar-refractivity contribution in [2.24, 2.45) is 5.92 Å². The normalized spacial score (nSPS) is 19.8. The Hall–Kier alpha value is -0.940. The number of hydrogen-bond donors (Lipinski definition) is 1. The van der Waals surface area contributed by atoms with Crippen LogP contribution >= 0.6 is 11.3 Å². The van der Waals surface area contributed by atoms with Gasteiger partial charge in [0, 0.05) is 18.3 Å². The summed E-state index contributed by atoms with van der Waals surface area (Å²) in [6.07, 6.45) is 3.03. The summed E-state index contributed by atoms with van der Waals surface area (Å²) in [6.45, 7) is 4.77. The second-order valence-corrected chi connectivity index (χ2v) is 5.97. The fourth-order valence-corrected chi connectivity index (χ4v) is 3.11. The van der Waals surface area contributed by atoms with Gasteiger partial charge in [-0.2, -0.15) is 0 Å². The van der Waals surface area contributed by atoms with E-state index in [0.717, 1.165) is 18.8 Å². The molecule has 1 aromatic rings. The molecule has 1 amide bonds. The number of nitrogens with one attached hydrogen (secondary N) is 1. The monoisotopic (exact) mass is 267 g/mol. The van der Waals surface area contributed by atoms with Crippen LogP contribution in [0.4, 0.5) is 0 Å². The fraction of sp³-hybridized carbons (Fsp3) is 0.692. The molecular formula is C13H21N3OS. The molecule has 2 heterocycles. The average Bonchev–Trinajstić information content (AvgIpc) is 2.76. The first-order valence-electron chi connectivity index (χ1n) is 6.50. The molecule has 0 spiro atoms. The molecule has 18 heavy (non-hydrogen) atoms. The van der Waals surface area contributed by atoms with Gasteiger partial charge in [0.15, 0.2) is 0 Å². The van der Waals surface area contributed by atoms with Crippen molar-refractivity contribution < 1.29 is 4.79 Å². The Kier molecular flexibility index (Phi) is 4.72. The number of aryl methyl sites for hydroxylation is 1. The van der Waals surface area contributed by atoms with Gasteiger partial charge in [0.25, 0.3) is 0 Å². The minimum Gasteiger partial charge on any atom is -0.341 e. The third kappa shape index (κ3) is 3.53. The summed E-state index contributed by atoms with van der Waals surface area (Å²) in [6, 6.07) is 0. The van der Waals surface area contributed by atoms with E-state index in [1.54, 1.807) is 11.3 Å². The summed E-state index contributed by atoms with van der Waals surface area (Å²) in [5.41, 5.74) is 2.88. The van der Waals surface area contributed by atoms with Crippen molar-refractivity contribution in [3.8, 4) is 0 Å². The van der Waals surface area contributed by atoms with Gasteiger partial charge in [-0.15, -0.1) is 11.3 Å². The number of amides is 1. The number of thiazole rings is 1. The molecule has 0 radical (unpaired) electrons. The third-order valence-electron chi connectivity index (χ3n) is 3.51. The van der Waals surface area contributed by atoms with E-state index >= 15 is 0 Å². The first-order chi connectivity index (χ1) is 8.66. The van der Waals surface area contributed by atoms with Crippen molar-refractivity contribution in [1.29, 1.82) is 0 Å². The Labute approximate surface area is 112 Å². The average molecular weight is 267 g/mol. The van der Waals surface area contributed by atoms with Crippen molar-refractivity contribution in [2.75, 3.05) is 20.1 Å². The topological polar surface area (TPSA) is 45.2 Å². The predicted molar refractivity (Wildman–Crippen MR) is 73.5 cm³/mol. The van der Waals surface area contributed by atoms with E-state index in [1.165, 1.54) is 17.7 Å². The molecule has 1 aromatic heterocycles. The molecule has 1 N–H and O–H groups in total. The lowest BCUT2D eigenvalue weighted by molar-refractivity contribution is -0.131. The molecule has 1 fully saturated rings. The molecular weight excluding hydrogens is 246 g/mol. The highest BCUT2D eigenvalue weighted by molar-refractivity contribution is 7.09. The molecule has 0 aliphatic carbocycles. The second kappa shape index (κ2) is 6.29. The number of hydrogen-bond acceptors (Lipinski definition) is 4. The van der Waals surface area contributed by atoms with Crippen LogP contribution in [-0.2, 0) is 11.3 Å². The lowest BCUT2D eigenvalue weighted by atomic mass is 9.96. The van der Waals surface area contributed by atoms with Crippen LogP contribution in [0.3, 0.4) is 0 Å². The molecule has 100 valence electrons. The summed E-state index contributed by atoms with van der Waals surface area (Å²) in [4.78, 5) is 19.4. The van der Waals surface area contributed by atoms with E-state index in [0.29, 0.717) is 18.9 Å². The molecule has 0 aromatic carbocycles. The number of carbonyl (C=O) groups excluding carboxylic acids is 1. The van der Waals surface area contributed by atoms with E-state index in [1.807, 2.05) is 24.4 Å². The van der Waals surface area contributed by atoms with E-state index in [4.69, 9.17) is 0 Å². The standard InChI is InChI=1S/C13H21N3OS/c1-10-12(18-9-15-10)8-16(2)13(17)6-11-4-3-5-14-7-11/h9,11,14H,3-8H2,1-2H3. The third-order valence-corrected chi connectivity index (χ3v) is 4.43. The quantitative estimate of drug-likeness (QED) is 0.905. The zero-order chi connectivity index (χ0) is 13.0. The Balaban J connectivity index is 1.83. The summed E-state index contributed by atoms with van der Waals surface area (Å²) >= 11 is 1.62. The molecule has 5 heteroatoms. The van der Waals surface area contributed by atoms with Crippen LogP contribution in [-0.4, -0.2) is 35.9 Å². The Morgan fingerprint density at radius 1 is 1.67 bits per heavy atom. The van der Waals surface area contributed by atoms with E-state index < -0.39 is 0 Å². The number of nitrogens with zero attached hydrogens (tertiary/aromatic N) is 2. The molecule has 0 saturated carbocycles. The SMILES string of the molecule is Cc1ncsc1CN(C)C(=O)CC1CCCNC1. The van der Waals surface area contributed by atoms with Crippen molar-refractivity contribution in [3.05, 3.63) is 16.1 Å². The van der Waals surface area contributed by atoms with Gasteiger partial charge >= 0.3 is 0 Å². The minimum atomic E-state index is 0.247. The lowest BCUT2D eigenvalue weighted by Gasteiger charge is -2.24. The van der Waals surface area contributed by atoms with E-state index in [2.05, 4.69) is 10.3 Å². The minimum absolute atomic E-state index is 0.247. The Morgan fingerprint density at radius 2 is 2.50 bits per heavy atom. The molecule has 1 atom stereocenters. The number of piperidine rings is 1. The van der Waals surface area contributed by atoms with Gasteiger partial charge in [-0.25, -0.2) is 4.98 Å². The Morgan fingerprint density at radius 3 is 3.11 bits per heavy atom. The molecule has 1 unspecified atom stereocenters. The first kappa shape index (κ1) is 13.5. The second-order valence-electron chi connectivity index (χ2n) is 5.03. The summed E-state index contributed by atoms with van der Waals surface area (Å²) in [5, 5.41) is 3.36. The lowest BCUT2D eigenvalue weighted by Crippen LogP contribution is -2.34. The van der Waals surface area contributed by atoms with Crippen LogP contribution < -0.4 is 5.32 Å². The zero-order valence-corrected chi connectivity index (χ0v) is 11.9. The maximum atomic E-state index is 12.1. The van der Waals surface area contributed by atoms with Crippen LogP contribution in [0.15, 0.2) is 5.51 Å². The molecule has 1 saturated heterocycles. The van der Waals surface area contributed by atoms with Gasteiger partial charge in [0.1, 0.15) is 0 Å². The molecule has 4 nitrogen and oxygen atoms in total. The van der Waals surface area contributed by atoms with Gasteiger partial charge in [-0.3, -0.25) is 4.79 Å². The molecule has 2 rings (SSSR count). The summed E-state index contributed by atoms with van der Waals surface area (Å²) < 4.78 is 0. The highest BCUT2D eigenvalue weighted by atomic mass is 32.1. The first-order valence-corrected chi connectivity index (χ1v) is 7.38. The summed E-state index contributed by atoms with van der Waals surface area (Å²) in [7, 11) is 1.89. The molecule has 1 aliphatic rings. The van der Waals surface area contributed by atoms with E-state index in [-0.39, 0.29) is 5.91 Å². The van der Waals surface area contributed by atoms with Crippen LogP contribution in [0.1, 0.15) is 29.8 Å². The zero-order valence-electron chi connectivity index (χ0n) is 11.1. The van der Waals surface area contributed by atoms with Crippen molar-refractivity contribution >= 4 is 17.2 Å². The predicted octanol–water partition coefficient (Wildman–Crippen LogP) is 1.80. The highest BCUT2D eigenvalue weighted by Gasteiger charge is 2.19. The maximum absolute atomic E-state index is 12.1. The van der Waals surface area contributed by atoms with Gasteiger partial charge in [-0.1, -0.05) is 0 Å². The maximum Gasteiger partial charge on any atom is 0.222 e. The smallest absolute Gasteiger partial charge is 0.222 e. The van der Waals surface area contributed by atoms with Gasteiger partial charge < -0.3 is 10.2 Å². The highest BCUT2D eigenvalue weighted by Crippen LogP contribution is 2.18. The molecule has 0 bridgehead atoms. The van der Waals surface area contributed by atoms with Crippen molar-refractivity contribution in [1.82, 2.24) is 15.2 Å². The van der Waals surface area contributed by atoms with Crippen LogP contribution in [0.2, 0.25) is 0 Å². The fourth-order valence-electron chi connectivity index (χ4n) is 2.28. The van der Waals surface area contributed by atoms with Crippen molar-refractivity contribution in [3.63, 3.8) is 0 Å². The Bertz CT molecular complexity index is 399. The summed E-state index contributed by atoms with van der Waals surface area (Å²) in [5.74, 6) is 0.757. The van der Waals surface area contributed by atoms with Crippen LogP contribution in [0, 0.1) is 12.8 Å². The van der Waals surface area contributed by atoms with Gasteiger partial charge in [-0.05, 0) is 38.8 Å². The molecule has 1 aliphatic heterocycles. The number of carbonyl (C=O) groups is 1. The largest absolute Gasteiger partial charge is 0.341 e. The number of aromatic nitrogens is 1.